The van der Waals surface area contributed by atoms with E-state index in [4.69, 9.17) is 10.5 Å². The molecule has 0 spiro atoms. The number of nitrogens with zero attached hydrogens (tertiary/aromatic N) is 1. The number of hydrogen-bond donors (Lipinski definition) is 1. The molecule has 1 rings (SSSR count). The van der Waals surface area contributed by atoms with Crippen LogP contribution in [-0.2, 0) is 19.1 Å². The van der Waals surface area contributed by atoms with Gasteiger partial charge in [0.1, 0.15) is 5.78 Å². The summed E-state index contributed by atoms with van der Waals surface area (Å²) in [6.45, 7) is 12.1. The number of thiocarbonyl (C=S) groups is 1. The summed E-state index contributed by atoms with van der Waals surface area (Å²) in [7, 11) is 0. The molecule has 0 fully saturated rings. The van der Waals surface area contributed by atoms with Crippen molar-refractivity contribution in [2.75, 3.05) is 18.5 Å². The molecule has 0 amide bonds. The number of nitrogens with two attached hydrogens (primary N) is 1. The average molecular weight is 497 g/mol. The summed E-state index contributed by atoms with van der Waals surface area (Å²) in [5.74, 6) is -0.124. The van der Waals surface area contributed by atoms with Crippen LogP contribution in [0.2, 0.25) is 0 Å². The number of ether oxygens (including phenoxy) is 2. The molecule has 28 heavy (non-hydrogen) atoms. The summed E-state index contributed by atoms with van der Waals surface area (Å²) in [5, 5.41) is 2.84. The van der Waals surface area contributed by atoms with E-state index in [0.29, 0.717) is 29.5 Å². The molecule has 1 aromatic heterocycles. The summed E-state index contributed by atoms with van der Waals surface area (Å²) >= 11 is 8.69. The van der Waals surface area contributed by atoms with Crippen molar-refractivity contribution in [2.45, 2.75) is 47.5 Å². The summed E-state index contributed by atoms with van der Waals surface area (Å²) in [6.07, 6.45) is 0. The van der Waals surface area contributed by atoms with Crippen molar-refractivity contribution in [2.24, 2.45) is 11.7 Å². The van der Waals surface area contributed by atoms with E-state index in [-0.39, 0.29) is 22.7 Å². The number of ketones is 1. The molecule has 7 nitrogen and oxygen atoms in total. The zero-order valence-electron chi connectivity index (χ0n) is 17.1. The normalized spacial score (nSPS) is 9.61. The predicted molar refractivity (Wildman–Crippen MR) is 119 cm³/mol. The Kier molecular flexibility index (Phi) is 17.0. The van der Waals surface area contributed by atoms with E-state index in [2.05, 4.69) is 37.9 Å². The topological polar surface area (TPSA) is 109 Å². The van der Waals surface area contributed by atoms with Crippen molar-refractivity contribution in [3.05, 3.63) is 16.1 Å². The monoisotopic (exact) mass is 496 g/mol. The first-order chi connectivity index (χ1) is 13.0. The summed E-state index contributed by atoms with van der Waals surface area (Å²) in [6, 6.07) is 0. The lowest BCUT2D eigenvalue weighted by Gasteiger charge is -1.97. The third-order valence-electron chi connectivity index (χ3n) is 2.82. The van der Waals surface area contributed by atoms with E-state index in [1.165, 1.54) is 11.3 Å². The minimum absolute atomic E-state index is 0.180. The Morgan fingerprint density at radius 1 is 1.18 bits per heavy atom. The molecule has 0 saturated heterocycles. The summed E-state index contributed by atoms with van der Waals surface area (Å²) < 4.78 is 9.23. The van der Waals surface area contributed by atoms with E-state index in [1.54, 1.807) is 13.8 Å². The Morgan fingerprint density at radius 3 is 1.96 bits per heavy atom. The molecule has 1 heterocycles. The molecule has 0 aromatic carbocycles. The number of aromatic nitrogens is 1. The number of carbonyl (C=O) groups is 3. The van der Waals surface area contributed by atoms with Crippen LogP contribution in [0.4, 0.5) is 0 Å². The first kappa shape index (κ1) is 28.8. The lowest BCUT2D eigenvalue weighted by Crippen LogP contribution is -2.23. The van der Waals surface area contributed by atoms with Gasteiger partial charge < -0.3 is 15.2 Å². The highest BCUT2D eigenvalue weighted by molar-refractivity contribution is 9.09. The number of alkyl halides is 1. The quantitative estimate of drug-likeness (QED) is 0.358. The maximum atomic E-state index is 11.2. The first-order valence-corrected chi connectivity index (χ1v) is 11.1. The Hall–Kier alpha value is -1.39. The van der Waals surface area contributed by atoms with Gasteiger partial charge in [-0.05, 0) is 19.8 Å². The van der Waals surface area contributed by atoms with Crippen molar-refractivity contribution in [1.29, 1.82) is 0 Å². The second-order valence-corrected chi connectivity index (χ2v) is 7.65. The van der Waals surface area contributed by atoms with Gasteiger partial charge in [-0.2, -0.15) is 0 Å². The van der Waals surface area contributed by atoms with E-state index in [9.17, 15) is 14.4 Å². The highest BCUT2D eigenvalue weighted by atomic mass is 79.9. The number of carbonyl (C=O) groups excluding carboxylic acids is 3. The van der Waals surface area contributed by atoms with Crippen molar-refractivity contribution in [3.8, 4) is 0 Å². The summed E-state index contributed by atoms with van der Waals surface area (Å²) in [4.78, 5) is 35.9. The van der Waals surface area contributed by atoms with Crippen LogP contribution in [0.15, 0.2) is 5.38 Å². The van der Waals surface area contributed by atoms with Crippen LogP contribution in [0.3, 0.4) is 0 Å². The fourth-order valence-corrected chi connectivity index (χ4v) is 2.77. The number of esters is 2. The number of rotatable bonds is 6. The van der Waals surface area contributed by atoms with Crippen LogP contribution in [-0.4, -0.2) is 46.2 Å². The van der Waals surface area contributed by atoms with Crippen molar-refractivity contribution >= 4 is 62.2 Å². The molecule has 0 unspecified atom stereocenters. The molecular formula is C18H29BrN2O5S2. The number of hydrogen-bond acceptors (Lipinski definition) is 8. The molecular weight excluding hydrogens is 468 g/mol. The average Bonchev–Trinajstić information content (AvgIpc) is 3.13. The fourth-order valence-electron chi connectivity index (χ4n) is 1.19. The molecule has 0 aliphatic carbocycles. The van der Waals surface area contributed by atoms with Crippen LogP contribution in [0.5, 0.6) is 0 Å². The smallest absolute Gasteiger partial charge is 0.367 e. The summed E-state index contributed by atoms with van der Waals surface area (Å²) in [5.41, 5.74) is 5.83. The molecule has 0 radical (unpaired) electrons. The molecule has 2 N–H and O–H groups in total. The second kappa shape index (κ2) is 16.6. The van der Waals surface area contributed by atoms with Gasteiger partial charge in [0.05, 0.1) is 24.2 Å². The Balaban J connectivity index is 0. The van der Waals surface area contributed by atoms with Crippen LogP contribution >= 0.6 is 39.5 Å². The fraction of sp³-hybridized carbons (Fsp3) is 0.611. The molecule has 1 aromatic rings. The maximum absolute atomic E-state index is 11.2. The van der Waals surface area contributed by atoms with E-state index in [0.717, 1.165) is 5.69 Å². The van der Waals surface area contributed by atoms with Crippen LogP contribution < -0.4 is 5.73 Å². The highest BCUT2D eigenvalue weighted by Gasteiger charge is 2.13. The van der Waals surface area contributed by atoms with E-state index >= 15 is 0 Å². The van der Waals surface area contributed by atoms with Crippen molar-refractivity contribution in [1.82, 2.24) is 4.98 Å². The third kappa shape index (κ3) is 13.7. The second-order valence-electron chi connectivity index (χ2n) is 5.79. The third-order valence-corrected chi connectivity index (χ3v) is 4.38. The van der Waals surface area contributed by atoms with Gasteiger partial charge in [0.2, 0.25) is 5.01 Å². The van der Waals surface area contributed by atoms with Gasteiger partial charge in [-0.1, -0.05) is 55.8 Å². The van der Waals surface area contributed by atoms with E-state index < -0.39 is 5.97 Å². The van der Waals surface area contributed by atoms with Gasteiger partial charge in [0, 0.05) is 11.3 Å². The molecule has 0 atom stereocenters. The maximum Gasteiger partial charge on any atom is 0.367 e. The van der Waals surface area contributed by atoms with Gasteiger partial charge in [-0.25, -0.2) is 14.6 Å². The van der Waals surface area contributed by atoms with Crippen LogP contribution in [0.25, 0.3) is 0 Å². The molecule has 0 aliphatic rings. The Bertz CT molecular complexity index is 633. The lowest BCUT2D eigenvalue weighted by atomic mass is 10.1. The van der Waals surface area contributed by atoms with Gasteiger partial charge >= 0.3 is 11.9 Å². The molecule has 0 saturated carbocycles. The van der Waals surface area contributed by atoms with E-state index in [1.807, 2.05) is 33.1 Å². The predicted octanol–water partition coefficient (Wildman–Crippen LogP) is 3.89. The Morgan fingerprint density at radius 2 is 1.71 bits per heavy atom. The minimum Gasteiger partial charge on any atom is -0.461 e. The lowest BCUT2D eigenvalue weighted by molar-refractivity contribution is -0.134. The van der Waals surface area contributed by atoms with Gasteiger partial charge in [-0.3, -0.25) is 4.79 Å². The standard InChI is InChI=1S/C9H13NO2S.C5H9BrO.C4H7NO2S/c1-4-12-9(11)8-10-7(5-13-8)6(2)3;1-4(2)5(7)3-6;1-2-7-4(6)3(5)8/h5-6H,4H2,1-3H3;4H,3H2,1-2H3;2H2,1H3,(H2,5,8). The minimum atomic E-state index is -0.609. The molecule has 10 heteroatoms. The molecule has 0 aliphatic heterocycles. The number of halogens is 1. The SMILES string of the molecule is CC(C)C(=O)CBr.CCOC(=O)C(N)=S.CCOC(=O)c1nc(C(C)C)cs1. The number of Topliss-reactive ketones (excluding diaryl/α,β-unsaturated/α-hetero) is 1. The van der Waals surface area contributed by atoms with Crippen LogP contribution in [0.1, 0.15) is 63.0 Å². The highest BCUT2D eigenvalue weighted by Crippen LogP contribution is 2.18. The first-order valence-electron chi connectivity index (χ1n) is 8.69. The zero-order chi connectivity index (χ0) is 22.3. The van der Waals surface area contributed by atoms with Gasteiger partial charge in [-0.15, -0.1) is 11.3 Å². The molecule has 160 valence electrons. The molecule has 0 bridgehead atoms. The van der Waals surface area contributed by atoms with Crippen molar-refractivity contribution in [3.63, 3.8) is 0 Å². The van der Waals surface area contributed by atoms with Crippen molar-refractivity contribution < 1.29 is 23.9 Å². The van der Waals surface area contributed by atoms with Gasteiger partial charge in [0.15, 0.2) is 4.99 Å². The number of thiazole rings is 1. The van der Waals surface area contributed by atoms with Gasteiger partial charge in [0.25, 0.3) is 0 Å². The Labute approximate surface area is 184 Å². The van der Waals surface area contributed by atoms with Crippen LogP contribution in [0, 0.1) is 5.92 Å². The largest absolute Gasteiger partial charge is 0.461 e. The zero-order valence-corrected chi connectivity index (χ0v) is 20.3.